The molecule has 0 amide bonds. The number of rotatable bonds is 1. The van der Waals surface area contributed by atoms with Crippen LogP contribution < -0.4 is 10.2 Å². The van der Waals surface area contributed by atoms with Gasteiger partial charge in [0.2, 0.25) is 0 Å². The minimum atomic E-state index is 0.379. The van der Waals surface area contributed by atoms with E-state index in [-0.39, 0.29) is 0 Å². The Morgan fingerprint density at radius 2 is 2.29 bits per heavy atom. The molecule has 88 valence electrons. The number of nitrogens with zero attached hydrogens (tertiary/aromatic N) is 4. The van der Waals surface area contributed by atoms with Crippen LogP contribution in [0.1, 0.15) is 19.0 Å². The summed E-state index contributed by atoms with van der Waals surface area (Å²) in [4.78, 5) is 2.37. The van der Waals surface area contributed by atoms with Crippen molar-refractivity contribution < 1.29 is 0 Å². The van der Waals surface area contributed by atoms with Crippen LogP contribution in [-0.4, -0.2) is 35.4 Å². The number of hydrogen-bond donors (Lipinski definition) is 1. The fraction of sp³-hybridized carbons (Fsp3) is 0.583. The molecule has 2 unspecified atom stereocenters. The van der Waals surface area contributed by atoms with Gasteiger partial charge in [0.1, 0.15) is 6.07 Å². The van der Waals surface area contributed by atoms with Gasteiger partial charge < -0.3 is 10.2 Å². The molecule has 0 saturated carbocycles. The molecule has 17 heavy (non-hydrogen) atoms. The van der Waals surface area contributed by atoms with Crippen LogP contribution in [0.3, 0.4) is 0 Å². The summed E-state index contributed by atoms with van der Waals surface area (Å²) in [6.07, 6.45) is 1.21. The normalized spacial score (nSPS) is 31.3. The Labute approximate surface area is 100 Å². The summed E-state index contributed by atoms with van der Waals surface area (Å²) in [5.41, 5.74) is 0.379. The van der Waals surface area contributed by atoms with Crippen molar-refractivity contribution in [2.75, 3.05) is 18.0 Å². The number of anilines is 1. The van der Waals surface area contributed by atoms with E-state index in [0.717, 1.165) is 18.9 Å². The van der Waals surface area contributed by atoms with E-state index in [1.165, 1.54) is 6.42 Å². The van der Waals surface area contributed by atoms with E-state index in [9.17, 15) is 0 Å². The third-order valence-corrected chi connectivity index (χ3v) is 3.81. The Balaban J connectivity index is 1.91. The molecule has 5 nitrogen and oxygen atoms in total. The summed E-state index contributed by atoms with van der Waals surface area (Å²) in [6.45, 7) is 4.32. The summed E-state index contributed by atoms with van der Waals surface area (Å²) in [6, 6.07) is 6.69. The van der Waals surface area contributed by atoms with Gasteiger partial charge in [-0.1, -0.05) is 6.92 Å². The van der Waals surface area contributed by atoms with Crippen molar-refractivity contribution in [2.24, 2.45) is 5.92 Å². The van der Waals surface area contributed by atoms with Crippen LogP contribution in [0.15, 0.2) is 12.1 Å². The standard InChI is InChI=1S/C12H15N5/c1-8-4-10-6-14-7-11(8)17(10)12-3-2-9(5-13)15-16-12/h2-3,8,10-11,14H,4,6-7H2,1H3/t8-,10?,11?/m0/s1. The van der Waals surface area contributed by atoms with Crippen molar-refractivity contribution in [2.45, 2.75) is 25.4 Å². The highest BCUT2D eigenvalue weighted by Gasteiger charge is 2.42. The van der Waals surface area contributed by atoms with Gasteiger partial charge in [0.25, 0.3) is 0 Å². The van der Waals surface area contributed by atoms with E-state index in [1.807, 2.05) is 12.1 Å². The van der Waals surface area contributed by atoms with Crippen LogP contribution in [0.25, 0.3) is 0 Å². The van der Waals surface area contributed by atoms with E-state index < -0.39 is 0 Å². The zero-order chi connectivity index (χ0) is 11.8. The van der Waals surface area contributed by atoms with Crippen LogP contribution in [0.2, 0.25) is 0 Å². The molecule has 1 aromatic heterocycles. The van der Waals surface area contributed by atoms with Crippen LogP contribution in [-0.2, 0) is 0 Å². The summed E-state index contributed by atoms with van der Waals surface area (Å²) < 4.78 is 0. The van der Waals surface area contributed by atoms with Crippen LogP contribution in [0.4, 0.5) is 5.82 Å². The topological polar surface area (TPSA) is 64.8 Å². The average molecular weight is 229 g/mol. The fourth-order valence-electron chi connectivity index (χ4n) is 3.00. The van der Waals surface area contributed by atoms with Crippen molar-refractivity contribution in [3.8, 4) is 6.07 Å². The average Bonchev–Trinajstić information content (AvgIpc) is 2.55. The summed E-state index contributed by atoms with van der Waals surface area (Å²) in [5.74, 6) is 1.59. The van der Waals surface area contributed by atoms with E-state index >= 15 is 0 Å². The van der Waals surface area contributed by atoms with Crippen molar-refractivity contribution in [1.82, 2.24) is 15.5 Å². The summed E-state index contributed by atoms with van der Waals surface area (Å²) in [7, 11) is 0. The highest BCUT2D eigenvalue weighted by molar-refractivity contribution is 5.44. The van der Waals surface area contributed by atoms with Gasteiger partial charge in [-0.3, -0.25) is 0 Å². The van der Waals surface area contributed by atoms with E-state index in [4.69, 9.17) is 5.26 Å². The maximum atomic E-state index is 8.72. The number of nitrogens with one attached hydrogen (secondary N) is 1. The van der Waals surface area contributed by atoms with Gasteiger partial charge in [-0.05, 0) is 24.5 Å². The van der Waals surface area contributed by atoms with Gasteiger partial charge >= 0.3 is 0 Å². The van der Waals surface area contributed by atoms with Gasteiger partial charge in [0.05, 0.1) is 0 Å². The van der Waals surface area contributed by atoms with E-state index in [2.05, 4.69) is 27.3 Å². The maximum Gasteiger partial charge on any atom is 0.163 e. The molecule has 2 bridgehead atoms. The zero-order valence-corrected chi connectivity index (χ0v) is 9.80. The Hall–Kier alpha value is -1.67. The van der Waals surface area contributed by atoms with Crippen molar-refractivity contribution in [3.63, 3.8) is 0 Å². The van der Waals surface area contributed by atoms with E-state index in [1.54, 1.807) is 6.07 Å². The first-order chi connectivity index (χ1) is 8.29. The second-order valence-electron chi connectivity index (χ2n) is 4.89. The van der Waals surface area contributed by atoms with Crippen LogP contribution in [0, 0.1) is 17.2 Å². The molecule has 1 N–H and O–H groups in total. The predicted molar refractivity (Wildman–Crippen MR) is 63.5 cm³/mol. The molecule has 0 aromatic carbocycles. The molecule has 0 radical (unpaired) electrons. The Morgan fingerprint density at radius 3 is 2.94 bits per heavy atom. The number of hydrogen-bond acceptors (Lipinski definition) is 5. The third-order valence-electron chi connectivity index (χ3n) is 3.81. The highest BCUT2D eigenvalue weighted by Crippen LogP contribution is 2.34. The molecule has 3 heterocycles. The van der Waals surface area contributed by atoms with Crippen LogP contribution in [0.5, 0.6) is 0 Å². The minimum absolute atomic E-state index is 0.379. The molecular formula is C12H15N5. The molecule has 1 aromatic rings. The SMILES string of the molecule is C[C@H]1CC2CNCC1N2c1ccc(C#N)nn1. The van der Waals surface area contributed by atoms with Gasteiger partial charge in [-0.15, -0.1) is 10.2 Å². The first kappa shape index (κ1) is 10.5. The second kappa shape index (κ2) is 3.97. The predicted octanol–water partition coefficient (Wildman–Crippen LogP) is 0.535. The van der Waals surface area contributed by atoms with Crippen LogP contribution >= 0.6 is 0 Å². The lowest BCUT2D eigenvalue weighted by Crippen LogP contribution is -2.53. The molecule has 2 aliphatic rings. The lowest BCUT2D eigenvalue weighted by molar-refractivity contribution is 0.452. The van der Waals surface area contributed by atoms with Crippen molar-refractivity contribution >= 4 is 5.82 Å². The number of fused-ring (bicyclic) bond motifs is 2. The minimum Gasteiger partial charge on any atom is -0.346 e. The first-order valence-corrected chi connectivity index (χ1v) is 6.02. The third kappa shape index (κ3) is 1.65. The maximum absolute atomic E-state index is 8.72. The Morgan fingerprint density at radius 1 is 1.41 bits per heavy atom. The van der Waals surface area contributed by atoms with E-state index in [0.29, 0.717) is 23.7 Å². The largest absolute Gasteiger partial charge is 0.346 e. The first-order valence-electron chi connectivity index (χ1n) is 6.02. The lowest BCUT2D eigenvalue weighted by Gasteiger charge is -2.36. The van der Waals surface area contributed by atoms with Gasteiger partial charge in [0.15, 0.2) is 11.5 Å². The van der Waals surface area contributed by atoms with Crippen molar-refractivity contribution in [3.05, 3.63) is 17.8 Å². The highest BCUT2D eigenvalue weighted by atomic mass is 15.3. The summed E-state index contributed by atoms with van der Waals surface area (Å²) >= 11 is 0. The number of aromatic nitrogens is 2. The second-order valence-corrected chi connectivity index (χ2v) is 4.89. The van der Waals surface area contributed by atoms with Crippen molar-refractivity contribution in [1.29, 1.82) is 5.26 Å². The molecule has 3 rings (SSSR count). The number of nitriles is 1. The van der Waals surface area contributed by atoms with Gasteiger partial charge in [-0.2, -0.15) is 5.26 Å². The Kier molecular flexibility index (Phi) is 2.45. The monoisotopic (exact) mass is 229 g/mol. The molecule has 0 aliphatic carbocycles. The zero-order valence-electron chi connectivity index (χ0n) is 9.80. The molecule has 5 heteroatoms. The van der Waals surface area contributed by atoms with Gasteiger partial charge in [0, 0.05) is 25.2 Å². The molecule has 0 spiro atoms. The molecule has 2 saturated heterocycles. The Bertz CT molecular complexity index is 449. The molecule has 2 aliphatic heterocycles. The smallest absolute Gasteiger partial charge is 0.163 e. The molecular weight excluding hydrogens is 214 g/mol. The van der Waals surface area contributed by atoms with Gasteiger partial charge in [-0.25, -0.2) is 0 Å². The number of piperazine rings is 1. The summed E-state index contributed by atoms with van der Waals surface area (Å²) in [5, 5.41) is 20.3. The lowest BCUT2D eigenvalue weighted by atomic mass is 10.0. The fourth-order valence-corrected chi connectivity index (χ4v) is 3.00. The molecule has 2 fully saturated rings. The molecule has 3 atom stereocenters. The quantitative estimate of drug-likeness (QED) is 0.761.